The molecule has 240 valence electrons. The predicted octanol–water partition coefficient (Wildman–Crippen LogP) is -0.306. The molecule has 2 aliphatic rings. The molecule has 0 radical (unpaired) electrons. The molecule has 2 aliphatic heterocycles. The van der Waals surface area contributed by atoms with Crippen molar-refractivity contribution in [3.05, 3.63) is 46.9 Å². The first kappa shape index (κ1) is 34.3. The van der Waals surface area contributed by atoms with Crippen LogP contribution in [0, 0.1) is 0 Å². The van der Waals surface area contributed by atoms with E-state index in [0.717, 1.165) is 16.7 Å². The summed E-state index contributed by atoms with van der Waals surface area (Å²) in [5, 5.41) is 20.3. The van der Waals surface area contributed by atoms with E-state index in [1.165, 1.54) is 44.6 Å². The van der Waals surface area contributed by atoms with Gasteiger partial charge in [-0.1, -0.05) is 12.1 Å². The summed E-state index contributed by atoms with van der Waals surface area (Å²) in [6.45, 7) is -0.526. The van der Waals surface area contributed by atoms with E-state index >= 15 is 0 Å². The number of amides is 2. The van der Waals surface area contributed by atoms with E-state index in [-0.39, 0.29) is 42.1 Å². The maximum absolute atomic E-state index is 13.2. The van der Waals surface area contributed by atoms with E-state index in [1.807, 2.05) is 0 Å². The normalized spacial score (nSPS) is 20.6. The van der Waals surface area contributed by atoms with Crippen LogP contribution in [0.25, 0.3) is 6.08 Å². The summed E-state index contributed by atoms with van der Waals surface area (Å²) in [5.41, 5.74) is 3.56. The third-order valence-electron chi connectivity index (χ3n) is 6.37. The number of methoxy groups -OCH3 is 2. The summed E-state index contributed by atoms with van der Waals surface area (Å²) in [7, 11) is -2.36. The summed E-state index contributed by atoms with van der Waals surface area (Å²) in [5.74, 6) is -5.67. The van der Waals surface area contributed by atoms with Gasteiger partial charge in [-0.3, -0.25) is 23.8 Å². The van der Waals surface area contributed by atoms with Crippen molar-refractivity contribution in [1.29, 1.82) is 0 Å². The van der Waals surface area contributed by atoms with Crippen molar-refractivity contribution >= 4 is 58.0 Å². The molecule has 1 fully saturated rings. The Hall–Kier alpha value is -4.17. The molecule has 0 unspecified atom stereocenters. The SMILES string of the molecule is COC(=Cc1ccc(OS(=O)(=O)O)cc1)C(=O)OCC1=C(C(=O)O)N2C(=O)[C@](NC(=O)CCC[C@@H](N)C(=O)O)(OC)[C@H]2SC1. The quantitative estimate of drug-likeness (QED) is 0.0404. The lowest BCUT2D eigenvalue weighted by molar-refractivity contribution is -0.192. The van der Waals surface area contributed by atoms with Crippen molar-refractivity contribution in [2.45, 2.75) is 36.4 Å². The highest BCUT2D eigenvalue weighted by Gasteiger charge is 2.66. The van der Waals surface area contributed by atoms with Gasteiger partial charge in [0.2, 0.25) is 11.7 Å². The lowest BCUT2D eigenvalue weighted by Crippen LogP contribution is -2.80. The molecule has 0 aliphatic carbocycles. The molecule has 6 N–H and O–H groups in total. The summed E-state index contributed by atoms with van der Waals surface area (Å²) >= 11 is 1.06. The van der Waals surface area contributed by atoms with Gasteiger partial charge in [-0.25, -0.2) is 9.59 Å². The molecule has 2 amide bonds. The number of hydrogen-bond acceptors (Lipinski definition) is 13. The van der Waals surface area contributed by atoms with Crippen molar-refractivity contribution in [3.8, 4) is 5.75 Å². The minimum Gasteiger partial charge on any atom is -0.490 e. The molecule has 0 saturated carbocycles. The van der Waals surface area contributed by atoms with Crippen LogP contribution in [0.4, 0.5) is 0 Å². The maximum atomic E-state index is 13.2. The molecule has 1 saturated heterocycles. The number of carbonyl (C=O) groups excluding carboxylic acids is 3. The number of ether oxygens (including phenoxy) is 3. The second-order valence-electron chi connectivity index (χ2n) is 9.29. The van der Waals surface area contributed by atoms with Crippen LogP contribution < -0.4 is 15.2 Å². The number of aliphatic carboxylic acids is 2. The zero-order chi connectivity index (χ0) is 32.8. The molecule has 3 rings (SSSR count). The Bertz CT molecular complexity index is 1490. The zero-order valence-corrected chi connectivity index (χ0v) is 24.9. The van der Waals surface area contributed by atoms with Crippen molar-refractivity contribution in [2.24, 2.45) is 5.73 Å². The van der Waals surface area contributed by atoms with Crippen LogP contribution >= 0.6 is 11.8 Å². The minimum absolute atomic E-state index is 0.0148. The molecular formula is C25H29N3O14S2. The van der Waals surface area contributed by atoms with Crippen molar-refractivity contribution in [2.75, 3.05) is 26.6 Å². The van der Waals surface area contributed by atoms with Crippen LogP contribution in [-0.2, 0) is 48.6 Å². The summed E-state index contributed by atoms with van der Waals surface area (Å²) in [6, 6.07) is 3.98. The first-order chi connectivity index (χ1) is 20.6. The van der Waals surface area contributed by atoms with Crippen molar-refractivity contribution < 1.29 is 65.5 Å². The van der Waals surface area contributed by atoms with Gasteiger partial charge in [0.25, 0.3) is 11.6 Å². The molecule has 44 heavy (non-hydrogen) atoms. The van der Waals surface area contributed by atoms with Gasteiger partial charge in [0.1, 0.15) is 29.5 Å². The maximum Gasteiger partial charge on any atom is 0.446 e. The third-order valence-corrected chi connectivity index (χ3v) is 8.15. The highest BCUT2D eigenvalue weighted by atomic mass is 32.3. The molecule has 0 aromatic heterocycles. The number of nitrogens with two attached hydrogens (primary N) is 1. The van der Waals surface area contributed by atoms with E-state index in [9.17, 15) is 37.5 Å². The van der Waals surface area contributed by atoms with Crippen LogP contribution in [0.2, 0.25) is 0 Å². The number of thioether (sulfide) groups is 1. The van der Waals surface area contributed by atoms with E-state index in [4.69, 9.17) is 29.6 Å². The Morgan fingerprint density at radius 1 is 1.20 bits per heavy atom. The molecule has 19 heteroatoms. The van der Waals surface area contributed by atoms with Crippen LogP contribution in [0.3, 0.4) is 0 Å². The molecule has 1 aromatic rings. The lowest BCUT2D eigenvalue weighted by Gasteiger charge is -2.55. The predicted molar refractivity (Wildman–Crippen MR) is 150 cm³/mol. The van der Waals surface area contributed by atoms with Crippen LogP contribution in [0.1, 0.15) is 24.8 Å². The molecule has 3 atom stereocenters. The van der Waals surface area contributed by atoms with Gasteiger partial charge in [0.05, 0.1) is 7.11 Å². The monoisotopic (exact) mass is 659 g/mol. The van der Waals surface area contributed by atoms with Crippen molar-refractivity contribution in [1.82, 2.24) is 10.2 Å². The molecular weight excluding hydrogens is 630 g/mol. The summed E-state index contributed by atoms with van der Waals surface area (Å²) in [6.07, 6.45) is 1.24. The minimum atomic E-state index is -4.72. The highest BCUT2D eigenvalue weighted by molar-refractivity contribution is 8.00. The second kappa shape index (κ2) is 14.1. The second-order valence-corrected chi connectivity index (χ2v) is 11.4. The number of nitrogens with zero attached hydrogens (tertiary/aromatic N) is 1. The number of rotatable bonds is 15. The van der Waals surface area contributed by atoms with E-state index in [2.05, 4.69) is 9.50 Å². The van der Waals surface area contributed by atoms with Gasteiger partial charge < -0.3 is 39.7 Å². The van der Waals surface area contributed by atoms with Gasteiger partial charge in [-0.05, 0) is 36.6 Å². The Morgan fingerprint density at radius 2 is 1.86 bits per heavy atom. The Balaban J connectivity index is 1.69. The van der Waals surface area contributed by atoms with Gasteiger partial charge in [0.15, 0.2) is 0 Å². The Kier molecular flexibility index (Phi) is 11.0. The number of β-lactam (4-membered cyclic amide) rings is 1. The number of fused-ring (bicyclic) bond motifs is 1. The number of carboxylic acid groups (broad SMARTS) is 2. The lowest BCUT2D eigenvalue weighted by atomic mass is 9.97. The number of carboxylic acids is 2. The van der Waals surface area contributed by atoms with Crippen molar-refractivity contribution in [3.63, 3.8) is 0 Å². The van der Waals surface area contributed by atoms with Crippen LogP contribution in [0.15, 0.2) is 41.3 Å². The molecule has 0 spiro atoms. The first-order valence-corrected chi connectivity index (χ1v) is 15.0. The standard InChI is InChI=1S/C25H29N3O14S2/c1-39-17(10-13-6-8-15(9-7-13)42-44(36,37)38)22(34)41-11-14-12-43-24-25(40-2,23(35)28(24)19(14)21(32)33)27-18(29)5-3-4-16(26)20(30)31/h6-10,16,24H,3-5,11-12,26H2,1-2H3,(H,27,29)(H,30,31)(H,32,33)(H,36,37,38)/t16-,24-,25+/m1/s1. The molecule has 1 aromatic carbocycles. The number of esters is 1. The fourth-order valence-corrected chi connectivity index (χ4v) is 6.02. The first-order valence-electron chi connectivity index (χ1n) is 12.6. The highest BCUT2D eigenvalue weighted by Crippen LogP contribution is 2.46. The van der Waals surface area contributed by atoms with Gasteiger partial charge >= 0.3 is 28.3 Å². The summed E-state index contributed by atoms with van der Waals surface area (Å²) < 4.78 is 50.4. The van der Waals surface area contributed by atoms with E-state index in [0.29, 0.717) is 5.56 Å². The largest absolute Gasteiger partial charge is 0.490 e. The van der Waals surface area contributed by atoms with Gasteiger partial charge in [-0.2, -0.15) is 8.42 Å². The van der Waals surface area contributed by atoms with Crippen LogP contribution in [0.5, 0.6) is 5.75 Å². The number of nitrogens with one attached hydrogen (secondary N) is 1. The Morgan fingerprint density at radius 3 is 2.41 bits per heavy atom. The zero-order valence-electron chi connectivity index (χ0n) is 23.3. The third kappa shape index (κ3) is 7.85. The number of hydrogen-bond donors (Lipinski definition) is 5. The van der Waals surface area contributed by atoms with E-state index < -0.39 is 69.6 Å². The van der Waals surface area contributed by atoms with E-state index in [1.54, 1.807) is 0 Å². The molecule has 2 heterocycles. The fourth-order valence-electron chi connectivity index (χ4n) is 4.25. The van der Waals surface area contributed by atoms with Gasteiger partial charge in [-0.15, -0.1) is 11.8 Å². The number of carbonyl (C=O) groups is 5. The fraction of sp³-hybridized carbons (Fsp3) is 0.400. The van der Waals surface area contributed by atoms with Crippen LogP contribution in [-0.4, -0.2) is 102 Å². The van der Waals surface area contributed by atoms with Gasteiger partial charge in [0, 0.05) is 24.9 Å². The smallest absolute Gasteiger partial charge is 0.446 e. The number of benzene rings is 1. The topological polar surface area (TPSA) is 258 Å². The summed E-state index contributed by atoms with van der Waals surface area (Å²) in [4.78, 5) is 62.4. The average Bonchev–Trinajstić information content (AvgIpc) is 2.96. The molecule has 0 bridgehead atoms. The average molecular weight is 660 g/mol. The Labute approximate surface area is 254 Å². The molecule has 17 nitrogen and oxygen atoms in total.